The lowest BCUT2D eigenvalue weighted by atomic mass is 10.1. The number of nitrogens with one attached hydrogen (secondary N) is 1. The summed E-state index contributed by atoms with van der Waals surface area (Å²) in [5.41, 5.74) is 2.62. The summed E-state index contributed by atoms with van der Waals surface area (Å²) in [7, 11) is 0. The number of hydrogen-bond donors (Lipinski definition) is 1. The van der Waals surface area contributed by atoms with Gasteiger partial charge in [0.05, 0.1) is 0 Å². The molecule has 24 heavy (non-hydrogen) atoms. The molecule has 2 nitrogen and oxygen atoms in total. The Labute approximate surface area is 150 Å². The first-order valence-electron chi connectivity index (χ1n) is 10.2. The molecule has 138 valence electrons. The molecule has 0 aliphatic heterocycles. The van der Waals surface area contributed by atoms with Crippen LogP contribution in [0.3, 0.4) is 0 Å². The smallest absolute Gasteiger partial charge is 0.0466 e. The van der Waals surface area contributed by atoms with Gasteiger partial charge in [-0.25, -0.2) is 0 Å². The number of rotatable bonds is 16. The Bertz CT molecular complexity index is 391. The number of para-hydroxylation sites is 1. The highest BCUT2D eigenvalue weighted by molar-refractivity contribution is 5.49. The number of ether oxygens (including phenoxy) is 1. The standard InChI is InChI=1S/C22H39NO/c1-3-4-5-14-19-24-20-15-10-8-6-7-9-13-18-23-22-17-12-11-16-21(22)2/h11-12,16-17,23H,3-10,13-15,18-20H2,1-2H3. The lowest BCUT2D eigenvalue weighted by Crippen LogP contribution is -2.02. The van der Waals surface area contributed by atoms with E-state index >= 15 is 0 Å². The van der Waals surface area contributed by atoms with Crippen LogP contribution in [0.2, 0.25) is 0 Å². The van der Waals surface area contributed by atoms with Crippen LogP contribution in [0.5, 0.6) is 0 Å². The summed E-state index contributed by atoms with van der Waals surface area (Å²) in [6.07, 6.45) is 14.5. The number of unbranched alkanes of at least 4 members (excludes halogenated alkanes) is 9. The molecule has 0 heterocycles. The maximum Gasteiger partial charge on any atom is 0.0466 e. The first-order valence-corrected chi connectivity index (χ1v) is 10.2. The van der Waals surface area contributed by atoms with E-state index in [0.29, 0.717) is 0 Å². The zero-order valence-electron chi connectivity index (χ0n) is 16.1. The lowest BCUT2D eigenvalue weighted by Gasteiger charge is -2.09. The van der Waals surface area contributed by atoms with Crippen molar-refractivity contribution in [3.63, 3.8) is 0 Å². The van der Waals surface area contributed by atoms with Crippen LogP contribution < -0.4 is 5.32 Å². The van der Waals surface area contributed by atoms with Crippen molar-refractivity contribution in [2.75, 3.05) is 25.1 Å². The highest BCUT2D eigenvalue weighted by Gasteiger charge is 1.96. The SMILES string of the molecule is CCCCCCOCCCCCCCCCNc1ccccc1C. The van der Waals surface area contributed by atoms with E-state index in [0.717, 1.165) is 19.8 Å². The Morgan fingerprint density at radius 2 is 1.33 bits per heavy atom. The minimum Gasteiger partial charge on any atom is -0.385 e. The van der Waals surface area contributed by atoms with Crippen molar-refractivity contribution in [3.05, 3.63) is 29.8 Å². The number of hydrogen-bond acceptors (Lipinski definition) is 2. The van der Waals surface area contributed by atoms with Gasteiger partial charge in [0.25, 0.3) is 0 Å². The van der Waals surface area contributed by atoms with Crippen LogP contribution in [0.4, 0.5) is 5.69 Å². The third-order valence-electron chi connectivity index (χ3n) is 4.57. The molecule has 0 aliphatic rings. The maximum absolute atomic E-state index is 5.68. The van der Waals surface area contributed by atoms with Crippen LogP contribution in [0.15, 0.2) is 24.3 Å². The van der Waals surface area contributed by atoms with Crippen molar-refractivity contribution in [1.29, 1.82) is 0 Å². The molecule has 0 saturated heterocycles. The van der Waals surface area contributed by atoms with Crippen molar-refractivity contribution in [1.82, 2.24) is 0 Å². The minimum absolute atomic E-state index is 0.965. The molecule has 0 unspecified atom stereocenters. The zero-order valence-corrected chi connectivity index (χ0v) is 16.1. The molecule has 0 fully saturated rings. The summed E-state index contributed by atoms with van der Waals surface area (Å²) in [6, 6.07) is 8.53. The van der Waals surface area contributed by atoms with E-state index in [9.17, 15) is 0 Å². The van der Waals surface area contributed by atoms with Gasteiger partial charge in [-0.3, -0.25) is 0 Å². The van der Waals surface area contributed by atoms with E-state index in [4.69, 9.17) is 4.74 Å². The highest BCUT2D eigenvalue weighted by Crippen LogP contribution is 2.13. The Morgan fingerprint density at radius 3 is 2.00 bits per heavy atom. The number of aryl methyl sites for hydroxylation is 1. The molecule has 0 amide bonds. The Balaban J connectivity index is 1.77. The summed E-state index contributed by atoms with van der Waals surface area (Å²) in [4.78, 5) is 0. The van der Waals surface area contributed by atoms with Gasteiger partial charge >= 0.3 is 0 Å². The van der Waals surface area contributed by atoms with Gasteiger partial charge in [0, 0.05) is 25.4 Å². The fourth-order valence-corrected chi connectivity index (χ4v) is 2.94. The fraction of sp³-hybridized carbons (Fsp3) is 0.727. The van der Waals surface area contributed by atoms with Gasteiger partial charge in [0.1, 0.15) is 0 Å². The molecule has 0 bridgehead atoms. The molecule has 0 atom stereocenters. The molecule has 0 radical (unpaired) electrons. The predicted molar refractivity (Wildman–Crippen MR) is 107 cm³/mol. The molecule has 0 saturated carbocycles. The van der Waals surface area contributed by atoms with Crippen molar-refractivity contribution in [2.45, 2.75) is 84.5 Å². The molecule has 2 heteroatoms. The molecular formula is C22H39NO. The van der Waals surface area contributed by atoms with Crippen LogP contribution in [-0.4, -0.2) is 19.8 Å². The van der Waals surface area contributed by atoms with Crippen molar-refractivity contribution in [3.8, 4) is 0 Å². The van der Waals surface area contributed by atoms with Gasteiger partial charge in [-0.1, -0.05) is 76.5 Å². The first kappa shape index (κ1) is 21.0. The van der Waals surface area contributed by atoms with E-state index in [1.165, 1.54) is 81.9 Å². The Morgan fingerprint density at radius 1 is 0.750 bits per heavy atom. The van der Waals surface area contributed by atoms with Gasteiger partial charge in [0.2, 0.25) is 0 Å². The van der Waals surface area contributed by atoms with E-state index in [1.54, 1.807) is 0 Å². The van der Waals surface area contributed by atoms with Crippen LogP contribution in [-0.2, 0) is 4.74 Å². The van der Waals surface area contributed by atoms with E-state index in [1.807, 2.05) is 0 Å². The average molecular weight is 334 g/mol. The maximum atomic E-state index is 5.68. The van der Waals surface area contributed by atoms with Gasteiger partial charge < -0.3 is 10.1 Å². The highest BCUT2D eigenvalue weighted by atomic mass is 16.5. The quantitative estimate of drug-likeness (QED) is 0.338. The van der Waals surface area contributed by atoms with Crippen LogP contribution in [0, 0.1) is 6.92 Å². The molecule has 1 N–H and O–H groups in total. The molecule has 1 rings (SSSR count). The fourth-order valence-electron chi connectivity index (χ4n) is 2.94. The molecule has 0 spiro atoms. The third kappa shape index (κ3) is 11.5. The van der Waals surface area contributed by atoms with E-state index in [-0.39, 0.29) is 0 Å². The second kappa shape index (κ2) is 15.5. The summed E-state index contributed by atoms with van der Waals surface area (Å²) in [6.45, 7) is 7.44. The minimum atomic E-state index is 0.965. The Hall–Kier alpha value is -1.02. The van der Waals surface area contributed by atoms with Crippen molar-refractivity contribution in [2.24, 2.45) is 0 Å². The second-order valence-corrected chi connectivity index (χ2v) is 6.89. The summed E-state index contributed by atoms with van der Waals surface area (Å²) in [5.74, 6) is 0. The summed E-state index contributed by atoms with van der Waals surface area (Å²) >= 11 is 0. The summed E-state index contributed by atoms with van der Waals surface area (Å²) < 4.78 is 5.68. The van der Waals surface area contributed by atoms with Gasteiger partial charge in [-0.15, -0.1) is 0 Å². The first-order chi connectivity index (χ1) is 11.8. The van der Waals surface area contributed by atoms with Gasteiger partial charge in [-0.2, -0.15) is 0 Å². The van der Waals surface area contributed by atoms with Crippen molar-refractivity contribution < 1.29 is 4.74 Å². The predicted octanol–water partition coefficient (Wildman–Crippen LogP) is 6.73. The van der Waals surface area contributed by atoms with Gasteiger partial charge in [-0.05, 0) is 37.8 Å². The topological polar surface area (TPSA) is 21.3 Å². The second-order valence-electron chi connectivity index (χ2n) is 6.89. The third-order valence-corrected chi connectivity index (χ3v) is 4.57. The lowest BCUT2D eigenvalue weighted by molar-refractivity contribution is 0.125. The summed E-state index contributed by atoms with van der Waals surface area (Å²) in [5, 5.41) is 3.54. The molecule has 1 aromatic carbocycles. The average Bonchev–Trinajstić information content (AvgIpc) is 2.60. The monoisotopic (exact) mass is 333 g/mol. The molecule has 1 aromatic rings. The molecule has 0 aliphatic carbocycles. The van der Waals surface area contributed by atoms with Crippen LogP contribution in [0.25, 0.3) is 0 Å². The van der Waals surface area contributed by atoms with Crippen LogP contribution >= 0.6 is 0 Å². The van der Waals surface area contributed by atoms with E-state index < -0.39 is 0 Å². The normalized spacial score (nSPS) is 10.9. The molecule has 0 aromatic heterocycles. The van der Waals surface area contributed by atoms with Gasteiger partial charge in [0.15, 0.2) is 0 Å². The largest absolute Gasteiger partial charge is 0.385 e. The van der Waals surface area contributed by atoms with E-state index in [2.05, 4.69) is 43.4 Å². The number of anilines is 1. The number of benzene rings is 1. The van der Waals surface area contributed by atoms with Crippen molar-refractivity contribution >= 4 is 5.69 Å². The zero-order chi connectivity index (χ0) is 17.3. The van der Waals surface area contributed by atoms with Crippen LogP contribution in [0.1, 0.15) is 83.1 Å². The molecular weight excluding hydrogens is 294 g/mol. The Kier molecular flexibility index (Phi) is 13.6.